The van der Waals surface area contributed by atoms with Crippen LogP contribution in [-0.2, 0) is 19.1 Å². The Morgan fingerprint density at radius 3 is 2.58 bits per heavy atom. The largest absolute Gasteiger partial charge is 0.463 e. The summed E-state index contributed by atoms with van der Waals surface area (Å²) in [5, 5.41) is 5.00. The van der Waals surface area contributed by atoms with E-state index in [2.05, 4.69) is 10.6 Å². The zero-order valence-electron chi connectivity index (χ0n) is 14.4. The van der Waals surface area contributed by atoms with Crippen LogP contribution in [0.5, 0.6) is 0 Å². The molecule has 1 heterocycles. The van der Waals surface area contributed by atoms with Gasteiger partial charge in [-0.25, -0.2) is 18.8 Å². The van der Waals surface area contributed by atoms with Gasteiger partial charge in [0.2, 0.25) is 0 Å². The van der Waals surface area contributed by atoms with Crippen LogP contribution in [0.4, 0.5) is 9.18 Å². The lowest BCUT2D eigenvalue weighted by Crippen LogP contribution is -2.50. The first-order valence-corrected chi connectivity index (χ1v) is 7.98. The molecule has 1 aromatic rings. The number of carbonyl (C=O) groups excluding carboxylic acids is 3. The van der Waals surface area contributed by atoms with Crippen LogP contribution in [-0.4, -0.2) is 37.2 Å². The molecular formula is C18H19FN2O5. The van der Waals surface area contributed by atoms with E-state index in [-0.39, 0.29) is 30.3 Å². The van der Waals surface area contributed by atoms with E-state index in [0.29, 0.717) is 5.56 Å². The molecule has 0 unspecified atom stereocenters. The molecule has 0 aliphatic carbocycles. The van der Waals surface area contributed by atoms with Crippen molar-refractivity contribution in [3.63, 3.8) is 0 Å². The molecule has 7 nitrogen and oxygen atoms in total. The van der Waals surface area contributed by atoms with E-state index in [1.807, 2.05) is 0 Å². The van der Waals surface area contributed by atoms with Crippen molar-refractivity contribution in [3.05, 3.63) is 53.0 Å². The van der Waals surface area contributed by atoms with Crippen molar-refractivity contribution in [1.29, 1.82) is 0 Å². The summed E-state index contributed by atoms with van der Waals surface area (Å²) < 4.78 is 22.9. The zero-order chi connectivity index (χ0) is 19.1. The highest BCUT2D eigenvalue weighted by Crippen LogP contribution is 2.15. The third-order valence-corrected chi connectivity index (χ3v) is 3.51. The Hall–Kier alpha value is -3.16. The summed E-state index contributed by atoms with van der Waals surface area (Å²) in [5.74, 6) is -1.65. The Labute approximate surface area is 149 Å². The van der Waals surface area contributed by atoms with Gasteiger partial charge in [0.05, 0.1) is 23.9 Å². The maximum Gasteiger partial charge on any atom is 0.338 e. The second-order valence-electron chi connectivity index (χ2n) is 5.43. The fourth-order valence-electron chi connectivity index (χ4n) is 2.32. The van der Waals surface area contributed by atoms with Gasteiger partial charge in [-0.2, -0.15) is 0 Å². The number of hydrogen-bond acceptors (Lipinski definition) is 5. The summed E-state index contributed by atoms with van der Waals surface area (Å²) in [6.07, 6.45) is 2.64. The second-order valence-corrected chi connectivity index (χ2v) is 5.43. The van der Waals surface area contributed by atoms with Gasteiger partial charge in [-0.05, 0) is 37.6 Å². The Balaban J connectivity index is 2.05. The maximum atomic E-state index is 12.8. The number of benzene rings is 1. The highest BCUT2D eigenvalue weighted by Gasteiger charge is 2.30. The number of urea groups is 1. The molecule has 0 bridgehead atoms. The van der Waals surface area contributed by atoms with Crippen molar-refractivity contribution >= 4 is 24.0 Å². The van der Waals surface area contributed by atoms with Crippen molar-refractivity contribution in [3.8, 4) is 0 Å². The lowest BCUT2D eigenvalue weighted by molar-refractivity contribution is -0.140. The van der Waals surface area contributed by atoms with E-state index in [0.717, 1.165) is 0 Å². The van der Waals surface area contributed by atoms with Gasteiger partial charge in [-0.3, -0.25) is 0 Å². The van der Waals surface area contributed by atoms with Crippen molar-refractivity contribution in [1.82, 2.24) is 10.6 Å². The first-order chi connectivity index (χ1) is 12.4. The normalized spacial score (nSPS) is 16.9. The van der Waals surface area contributed by atoms with Crippen LogP contribution in [0.2, 0.25) is 0 Å². The van der Waals surface area contributed by atoms with Gasteiger partial charge in [0.15, 0.2) is 0 Å². The monoisotopic (exact) mass is 362 g/mol. The lowest BCUT2D eigenvalue weighted by Gasteiger charge is -2.26. The molecular weight excluding hydrogens is 343 g/mol. The topological polar surface area (TPSA) is 93.7 Å². The van der Waals surface area contributed by atoms with Crippen LogP contribution >= 0.6 is 0 Å². The number of nitrogens with one attached hydrogen (secondary N) is 2. The molecule has 1 aliphatic heterocycles. The minimum absolute atomic E-state index is 0.170. The van der Waals surface area contributed by atoms with E-state index >= 15 is 0 Å². The van der Waals surface area contributed by atoms with Crippen LogP contribution < -0.4 is 10.6 Å². The Morgan fingerprint density at radius 1 is 1.23 bits per heavy atom. The summed E-state index contributed by atoms with van der Waals surface area (Å²) in [6, 6.07) is 4.48. The SMILES string of the molecule is CCOC(=O)C1=C(COC(=O)/C=C/c2ccc(F)cc2)NC(=O)N[C@@H]1C. The average molecular weight is 362 g/mol. The standard InChI is InChI=1S/C18H19FN2O5/c1-3-25-17(23)16-11(2)20-18(24)21-14(16)10-26-15(22)9-6-12-4-7-13(19)8-5-12/h4-9,11H,3,10H2,1-2H3,(H2,20,21,24)/b9-6+/t11-/m1/s1. The highest BCUT2D eigenvalue weighted by atomic mass is 19.1. The number of rotatable bonds is 6. The van der Waals surface area contributed by atoms with E-state index in [1.165, 1.54) is 36.4 Å². The molecule has 0 saturated heterocycles. The molecule has 0 spiro atoms. The van der Waals surface area contributed by atoms with Crippen LogP contribution in [0.25, 0.3) is 6.08 Å². The number of halogens is 1. The number of ether oxygens (including phenoxy) is 2. The van der Waals surface area contributed by atoms with Crippen molar-refractivity contribution in [2.45, 2.75) is 19.9 Å². The predicted molar refractivity (Wildman–Crippen MR) is 91.2 cm³/mol. The molecule has 2 amide bonds. The minimum atomic E-state index is -0.675. The van der Waals surface area contributed by atoms with Crippen LogP contribution in [0.1, 0.15) is 19.4 Å². The maximum absolute atomic E-state index is 12.8. The molecule has 1 aliphatic rings. The Morgan fingerprint density at radius 2 is 1.92 bits per heavy atom. The van der Waals surface area contributed by atoms with Gasteiger partial charge < -0.3 is 20.1 Å². The lowest BCUT2D eigenvalue weighted by atomic mass is 10.0. The van der Waals surface area contributed by atoms with E-state index < -0.39 is 24.0 Å². The van der Waals surface area contributed by atoms with Gasteiger partial charge in [-0.1, -0.05) is 12.1 Å². The first-order valence-electron chi connectivity index (χ1n) is 7.98. The third kappa shape index (κ3) is 5.17. The minimum Gasteiger partial charge on any atom is -0.463 e. The van der Waals surface area contributed by atoms with Crippen LogP contribution in [0, 0.1) is 5.82 Å². The summed E-state index contributed by atoms with van der Waals surface area (Å²) in [6.45, 7) is 3.17. The molecule has 1 aromatic carbocycles. The molecule has 0 fully saturated rings. The number of carbonyl (C=O) groups is 3. The molecule has 0 aromatic heterocycles. The van der Waals surface area contributed by atoms with Crippen LogP contribution in [0.3, 0.4) is 0 Å². The third-order valence-electron chi connectivity index (χ3n) is 3.51. The summed E-state index contributed by atoms with van der Waals surface area (Å²) in [4.78, 5) is 35.5. The summed E-state index contributed by atoms with van der Waals surface area (Å²) in [7, 11) is 0. The molecule has 26 heavy (non-hydrogen) atoms. The Kier molecular flexibility index (Phi) is 6.48. The van der Waals surface area contributed by atoms with Crippen molar-refractivity contribution < 1.29 is 28.2 Å². The van der Waals surface area contributed by atoms with Crippen molar-refractivity contribution in [2.75, 3.05) is 13.2 Å². The molecule has 0 saturated carbocycles. The van der Waals surface area contributed by atoms with Crippen molar-refractivity contribution in [2.24, 2.45) is 0 Å². The van der Waals surface area contributed by atoms with Gasteiger partial charge in [0.25, 0.3) is 0 Å². The fraction of sp³-hybridized carbons (Fsp3) is 0.278. The average Bonchev–Trinajstić information content (AvgIpc) is 2.59. The predicted octanol–water partition coefficient (Wildman–Crippen LogP) is 1.90. The van der Waals surface area contributed by atoms with Gasteiger partial charge in [-0.15, -0.1) is 0 Å². The van der Waals surface area contributed by atoms with Crippen LogP contribution in [0.15, 0.2) is 41.6 Å². The fourth-order valence-corrected chi connectivity index (χ4v) is 2.32. The summed E-state index contributed by atoms with van der Waals surface area (Å²) >= 11 is 0. The zero-order valence-corrected chi connectivity index (χ0v) is 14.4. The number of hydrogen-bond donors (Lipinski definition) is 2. The molecule has 2 rings (SSSR count). The molecule has 138 valence electrons. The number of amides is 2. The Bertz CT molecular complexity index is 755. The first kappa shape index (κ1) is 19.2. The van der Waals surface area contributed by atoms with E-state index in [4.69, 9.17) is 9.47 Å². The molecule has 1 atom stereocenters. The van der Waals surface area contributed by atoms with Gasteiger partial charge >= 0.3 is 18.0 Å². The van der Waals surface area contributed by atoms with Gasteiger partial charge in [0, 0.05) is 6.08 Å². The second kappa shape index (κ2) is 8.80. The quantitative estimate of drug-likeness (QED) is 0.595. The van der Waals surface area contributed by atoms with E-state index in [9.17, 15) is 18.8 Å². The molecule has 8 heteroatoms. The van der Waals surface area contributed by atoms with E-state index in [1.54, 1.807) is 13.8 Å². The summed E-state index contributed by atoms with van der Waals surface area (Å²) in [5.41, 5.74) is 0.989. The molecule has 0 radical (unpaired) electrons. The number of esters is 2. The highest BCUT2D eigenvalue weighted by molar-refractivity contribution is 5.95. The van der Waals surface area contributed by atoms with Gasteiger partial charge in [0.1, 0.15) is 12.4 Å². The smallest absolute Gasteiger partial charge is 0.338 e. The molecule has 2 N–H and O–H groups in total.